The molecule has 0 aliphatic rings. The molecule has 0 saturated carbocycles. The van der Waals surface area contributed by atoms with Gasteiger partial charge in [0.15, 0.2) is 0 Å². The molecule has 0 aliphatic carbocycles. The van der Waals surface area contributed by atoms with Crippen molar-refractivity contribution in [2.75, 3.05) is 12.8 Å². The summed E-state index contributed by atoms with van der Waals surface area (Å²) in [6.45, 7) is 4.27. The second kappa shape index (κ2) is 6.10. The minimum Gasteiger partial charge on any atom is -0.481 e. The molecule has 0 aromatic carbocycles. The molecule has 2 N–H and O–H groups in total. The van der Waals surface area contributed by atoms with Crippen LogP contribution >= 0.6 is 0 Å². The Labute approximate surface area is 81.2 Å². The summed E-state index contributed by atoms with van der Waals surface area (Å²) in [5.74, 6) is -0.815. The normalized spacial score (nSPS) is 17.8. The zero-order valence-corrected chi connectivity index (χ0v) is 9.06. The van der Waals surface area contributed by atoms with Gasteiger partial charge in [-0.3, -0.25) is 9.00 Å². The summed E-state index contributed by atoms with van der Waals surface area (Å²) < 4.78 is 10.9. The Kier molecular flexibility index (Phi) is 5.90. The molecule has 0 spiro atoms. The van der Waals surface area contributed by atoms with Crippen LogP contribution in [0, 0.1) is 0 Å². The Morgan fingerprint density at radius 3 is 2.46 bits per heavy atom. The maximum atomic E-state index is 10.9. The van der Waals surface area contributed by atoms with E-state index in [2.05, 4.69) is 5.32 Å². The van der Waals surface area contributed by atoms with Gasteiger partial charge in [0.2, 0.25) is 0 Å². The fourth-order valence-corrected chi connectivity index (χ4v) is 1.15. The molecular weight excluding hydrogens is 190 g/mol. The summed E-state index contributed by atoms with van der Waals surface area (Å²) in [7, 11) is -0.849. The van der Waals surface area contributed by atoms with Gasteiger partial charge in [-0.25, -0.2) is 0 Å². The Balaban J connectivity index is 3.63. The predicted octanol–water partition coefficient (Wildman–Crippen LogP) is 0.206. The third kappa shape index (κ3) is 6.72. The molecule has 3 unspecified atom stereocenters. The van der Waals surface area contributed by atoms with E-state index in [-0.39, 0.29) is 17.7 Å². The first kappa shape index (κ1) is 12.6. The second-order valence-electron chi connectivity index (χ2n) is 3.22. The molecule has 3 atom stereocenters. The van der Waals surface area contributed by atoms with Crippen molar-refractivity contribution < 1.29 is 14.1 Å². The third-order valence-electron chi connectivity index (χ3n) is 1.80. The van der Waals surface area contributed by atoms with Crippen molar-refractivity contribution in [1.82, 2.24) is 5.32 Å². The highest BCUT2D eigenvalue weighted by Crippen LogP contribution is 1.94. The molecule has 0 heterocycles. The van der Waals surface area contributed by atoms with Crippen LogP contribution in [0.1, 0.15) is 20.3 Å². The van der Waals surface area contributed by atoms with Gasteiger partial charge in [-0.2, -0.15) is 0 Å². The van der Waals surface area contributed by atoms with E-state index in [1.165, 1.54) is 0 Å². The smallest absolute Gasteiger partial charge is 0.304 e. The second-order valence-corrected chi connectivity index (χ2v) is 5.02. The number of carboxylic acids is 1. The van der Waals surface area contributed by atoms with Crippen LogP contribution in [0.2, 0.25) is 0 Å². The highest BCUT2D eigenvalue weighted by Gasteiger charge is 2.10. The van der Waals surface area contributed by atoms with Gasteiger partial charge < -0.3 is 10.4 Å². The fraction of sp³-hybridized carbons (Fsp3) is 0.875. The SMILES string of the molecule is CC(CC(=O)O)NCC(C)S(C)=O. The van der Waals surface area contributed by atoms with Crippen molar-refractivity contribution in [2.45, 2.75) is 31.6 Å². The minimum absolute atomic E-state index is 0.0660. The summed E-state index contributed by atoms with van der Waals surface area (Å²) in [5, 5.41) is 11.5. The van der Waals surface area contributed by atoms with Crippen LogP contribution in [-0.4, -0.2) is 39.4 Å². The van der Waals surface area contributed by atoms with Gasteiger partial charge in [-0.1, -0.05) is 0 Å². The minimum atomic E-state index is -0.849. The van der Waals surface area contributed by atoms with Crippen molar-refractivity contribution in [3.63, 3.8) is 0 Å². The van der Waals surface area contributed by atoms with E-state index >= 15 is 0 Å². The van der Waals surface area contributed by atoms with Gasteiger partial charge in [-0.15, -0.1) is 0 Å². The molecule has 4 nitrogen and oxygen atoms in total. The Hall–Kier alpha value is -0.420. The average molecular weight is 207 g/mol. The predicted molar refractivity (Wildman–Crippen MR) is 53.2 cm³/mol. The van der Waals surface area contributed by atoms with Crippen molar-refractivity contribution in [3.8, 4) is 0 Å². The van der Waals surface area contributed by atoms with Crippen LogP contribution in [0.25, 0.3) is 0 Å². The van der Waals surface area contributed by atoms with E-state index in [0.717, 1.165) is 0 Å². The molecule has 0 aromatic heterocycles. The lowest BCUT2D eigenvalue weighted by Gasteiger charge is -2.14. The maximum Gasteiger partial charge on any atom is 0.304 e. The van der Waals surface area contributed by atoms with Crippen LogP contribution in [0.15, 0.2) is 0 Å². The van der Waals surface area contributed by atoms with Crippen LogP contribution in [-0.2, 0) is 15.6 Å². The van der Waals surface area contributed by atoms with Crippen molar-refractivity contribution in [2.24, 2.45) is 0 Å². The van der Waals surface area contributed by atoms with Crippen LogP contribution < -0.4 is 5.32 Å². The first-order valence-corrected chi connectivity index (χ1v) is 5.83. The molecule has 0 bridgehead atoms. The number of carboxylic acid groups (broad SMARTS) is 1. The fourth-order valence-electron chi connectivity index (χ4n) is 0.819. The first-order valence-electron chi connectivity index (χ1n) is 4.21. The maximum absolute atomic E-state index is 10.9. The largest absolute Gasteiger partial charge is 0.481 e. The van der Waals surface area contributed by atoms with Crippen LogP contribution in [0.5, 0.6) is 0 Å². The zero-order valence-electron chi connectivity index (χ0n) is 8.24. The van der Waals surface area contributed by atoms with Gasteiger partial charge in [0.05, 0.1) is 6.42 Å². The number of nitrogens with one attached hydrogen (secondary N) is 1. The Morgan fingerprint density at radius 1 is 1.54 bits per heavy atom. The summed E-state index contributed by atoms with van der Waals surface area (Å²) in [6.07, 6.45) is 1.75. The topological polar surface area (TPSA) is 66.4 Å². The number of aliphatic carboxylic acids is 1. The van der Waals surface area contributed by atoms with Crippen molar-refractivity contribution in [1.29, 1.82) is 0 Å². The Morgan fingerprint density at radius 2 is 2.08 bits per heavy atom. The zero-order chi connectivity index (χ0) is 10.4. The number of hydrogen-bond donors (Lipinski definition) is 2. The summed E-state index contributed by atoms with van der Waals surface area (Å²) in [6, 6.07) is -0.0662. The molecule has 5 heteroatoms. The van der Waals surface area contributed by atoms with Gasteiger partial charge in [0.1, 0.15) is 0 Å². The van der Waals surface area contributed by atoms with Gasteiger partial charge in [0.25, 0.3) is 0 Å². The lowest BCUT2D eigenvalue weighted by atomic mass is 10.2. The van der Waals surface area contributed by atoms with E-state index in [4.69, 9.17) is 5.11 Å². The molecule has 0 fully saturated rings. The summed E-state index contributed by atoms with van der Waals surface area (Å²) in [4.78, 5) is 10.3. The van der Waals surface area contributed by atoms with Crippen molar-refractivity contribution >= 4 is 16.8 Å². The highest BCUT2D eigenvalue weighted by molar-refractivity contribution is 7.84. The summed E-state index contributed by atoms with van der Waals surface area (Å²) >= 11 is 0. The number of hydrogen-bond acceptors (Lipinski definition) is 3. The van der Waals surface area contributed by atoms with Crippen LogP contribution in [0.3, 0.4) is 0 Å². The van der Waals surface area contributed by atoms with Gasteiger partial charge in [-0.05, 0) is 13.8 Å². The van der Waals surface area contributed by atoms with Gasteiger partial charge in [0, 0.05) is 34.9 Å². The molecule has 0 aromatic rings. The van der Waals surface area contributed by atoms with E-state index in [1.807, 2.05) is 6.92 Å². The lowest BCUT2D eigenvalue weighted by Crippen LogP contribution is -2.35. The van der Waals surface area contributed by atoms with Crippen LogP contribution in [0.4, 0.5) is 0 Å². The lowest BCUT2D eigenvalue weighted by molar-refractivity contribution is -0.137. The monoisotopic (exact) mass is 207 g/mol. The van der Waals surface area contributed by atoms with E-state index in [0.29, 0.717) is 6.54 Å². The van der Waals surface area contributed by atoms with E-state index < -0.39 is 16.8 Å². The average Bonchev–Trinajstić information content (AvgIpc) is 1.98. The molecule has 0 rings (SSSR count). The molecule has 0 aliphatic heterocycles. The summed E-state index contributed by atoms with van der Waals surface area (Å²) in [5.41, 5.74) is 0. The van der Waals surface area contributed by atoms with E-state index in [9.17, 15) is 9.00 Å². The van der Waals surface area contributed by atoms with Gasteiger partial charge >= 0.3 is 5.97 Å². The third-order valence-corrected chi connectivity index (χ3v) is 3.10. The number of carbonyl (C=O) groups is 1. The molecule has 13 heavy (non-hydrogen) atoms. The molecular formula is C8H17NO3S. The molecule has 78 valence electrons. The molecule has 0 radical (unpaired) electrons. The number of rotatable bonds is 6. The van der Waals surface area contributed by atoms with Crippen molar-refractivity contribution in [3.05, 3.63) is 0 Å². The molecule has 0 amide bonds. The standard InChI is InChI=1S/C8H17NO3S/c1-6(4-8(10)11)9-5-7(2)13(3)12/h6-7,9H,4-5H2,1-3H3,(H,10,11). The molecule has 0 saturated heterocycles. The van der Waals surface area contributed by atoms with E-state index in [1.54, 1.807) is 13.2 Å². The first-order chi connectivity index (χ1) is 5.93. The quantitative estimate of drug-likeness (QED) is 0.653. The highest BCUT2D eigenvalue weighted by atomic mass is 32.2. The Bertz CT molecular complexity index is 196.